The summed E-state index contributed by atoms with van der Waals surface area (Å²) in [4.78, 5) is 26.0. The third-order valence-electron chi connectivity index (χ3n) is 4.01. The van der Waals surface area contributed by atoms with Crippen LogP contribution in [0.4, 0.5) is 5.69 Å². The predicted octanol–water partition coefficient (Wildman–Crippen LogP) is 2.90. The van der Waals surface area contributed by atoms with Gasteiger partial charge in [-0.15, -0.1) is 12.4 Å². The summed E-state index contributed by atoms with van der Waals surface area (Å²) in [6.07, 6.45) is 0.853. The first-order chi connectivity index (χ1) is 10.4. The highest BCUT2D eigenvalue weighted by atomic mass is 35.5. The molecule has 1 aromatic carbocycles. The first-order valence-corrected chi connectivity index (χ1v) is 7.90. The van der Waals surface area contributed by atoms with E-state index >= 15 is 0 Å². The minimum absolute atomic E-state index is 0. The molecular weight excluding hydrogens is 314 g/mol. The summed E-state index contributed by atoms with van der Waals surface area (Å²) in [6, 6.07) is 6.40. The smallest absolute Gasteiger partial charge is 0.253 e. The number of benzene rings is 1. The largest absolute Gasteiger partial charge is 0.339 e. The summed E-state index contributed by atoms with van der Waals surface area (Å²) >= 11 is 0. The summed E-state index contributed by atoms with van der Waals surface area (Å²) in [7, 11) is 0. The van der Waals surface area contributed by atoms with Gasteiger partial charge in [-0.1, -0.05) is 20.3 Å². The van der Waals surface area contributed by atoms with Gasteiger partial charge in [-0.05, 0) is 44.0 Å². The number of carbonyl (C=O) groups excluding carboxylic acids is 2. The molecule has 6 heteroatoms. The van der Waals surface area contributed by atoms with Crippen molar-refractivity contribution in [1.29, 1.82) is 0 Å². The molecule has 3 N–H and O–H groups in total. The Hall–Kier alpha value is -1.59. The molecule has 2 atom stereocenters. The highest BCUT2D eigenvalue weighted by Crippen LogP contribution is 2.13. The van der Waals surface area contributed by atoms with Gasteiger partial charge >= 0.3 is 0 Å². The first-order valence-electron chi connectivity index (χ1n) is 7.90. The van der Waals surface area contributed by atoms with E-state index < -0.39 is 6.04 Å². The molecule has 2 unspecified atom stereocenters. The van der Waals surface area contributed by atoms with Crippen LogP contribution in [0.5, 0.6) is 0 Å². The van der Waals surface area contributed by atoms with Crippen LogP contribution in [0.15, 0.2) is 24.3 Å². The number of carbonyl (C=O) groups is 2. The number of anilines is 1. The second kappa shape index (κ2) is 10.2. The molecule has 0 fully saturated rings. The third-order valence-corrected chi connectivity index (χ3v) is 4.01. The second-order valence-electron chi connectivity index (χ2n) is 5.46. The Balaban J connectivity index is 0.00000484. The molecule has 0 aromatic heterocycles. The van der Waals surface area contributed by atoms with Crippen LogP contribution in [0, 0.1) is 5.92 Å². The fourth-order valence-electron chi connectivity index (χ4n) is 2.13. The topological polar surface area (TPSA) is 75.4 Å². The molecular formula is C17H28ClN3O2. The summed E-state index contributed by atoms with van der Waals surface area (Å²) in [6.45, 7) is 9.22. The monoisotopic (exact) mass is 341 g/mol. The molecule has 0 aliphatic rings. The van der Waals surface area contributed by atoms with Crippen molar-refractivity contribution in [3.05, 3.63) is 29.8 Å². The van der Waals surface area contributed by atoms with E-state index in [4.69, 9.17) is 5.73 Å². The van der Waals surface area contributed by atoms with E-state index in [0.717, 1.165) is 6.42 Å². The van der Waals surface area contributed by atoms with Crippen LogP contribution in [0.25, 0.3) is 0 Å². The van der Waals surface area contributed by atoms with E-state index in [1.807, 2.05) is 27.7 Å². The number of hydrogen-bond donors (Lipinski definition) is 2. The molecule has 0 aliphatic heterocycles. The molecule has 0 bridgehead atoms. The lowest BCUT2D eigenvalue weighted by Gasteiger charge is -2.19. The normalized spacial score (nSPS) is 12.7. The van der Waals surface area contributed by atoms with E-state index in [0.29, 0.717) is 24.3 Å². The van der Waals surface area contributed by atoms with Crippen molar-refractivity contribution in [1.82, 2.24) is 4.90 Å². The number of hydrogen-bond acceptors (Lipinski definition) is 3. The average molecular weight is 342 g/mol. The molecule has 0 radical (unpaired) electrons. The lowest BCUT2D eigenvalue weighted by atomic mass is 9.99. The highest BCUT2D eigenvalue weighted by Gasteiger charge is 2.19. The van der Waals surface area contributed by atoms with Crippen LogP contribution in [0.1, 0.15) is 44.5 Å². The average Bonchev–Trinajstić information content (AvgIpc) is 2.54. The molecule has 0 heterocycles. The van der Waals surface area contributed by atoms with Crippen molar-refractivity contribution in [2.75, 3.05) is 18.4 Å². The van der Waals surface area contributed by atoms with Gasteiger partial charge < -0.3 is 16.0 Å². The molecule has 1 rings (SSSR count). The molecule has 23 heavy (non-hydrogen) atoms. The van der Waals surface area contributed by atoms with E-state index in [9.17, 15) is 9.59 Å². The Morgan fingerprint density at radius 2 is 1.65 bits per heavy atom. The van der Waals surface area contributed by atoms with E-state index in [-0.39, 0.29) is 30.1 Å². The van der Waals surface area contributed by atoms with Crippen LogP contribution in [0.2, 0.25) is 0 Å². The number of amides is 2. The number of nitrogens with two attached hydrogens (primary N) is 1. The fourth-order valence-corrected chi connectivity index (χ4v) is 2.13. The first kappa shape index (κ1) is 21.4. The lowest BCUT2D eigenvalue weighted by Crippen LogP contribution is -2.40. The maximum atomic E-state index is 12.2. The van der Waals surface area contributed by atoms with Gasteiger partial charge in [0, 0.05) is 24.3 Å². The summed E-state index contributed by atoms with van der Waals surface area (Å²) in [5.41, 5.74) is 7.17. The third kappa shape index (κ3) is 5.84. The van der Waals surface area contributed by atoms with Gasteiger partial charge in [-0.3, -0.25) is 9.59 Å². The Labute approximate surface area is 145 Å². The van der Waals surface area contributed by atoms with Crippen LogP contribution < -0.4 is 11.1 Å². The molecule has 0 aliphatic carbocycles. The van der Waals surface area contributed by atoms with Gasteiger partial charge in [0.1, 0.15) is 0 Å². The van der Waals surface area contributed by atoms with E-state index in [2.05, 4.69) is 5.32 Å². The summed E-state index contributed by atoms with van der Waals surface area (Å²) in [5.74, 6) is -0.0696. The zero-order valence-electron chi connectivity index (χ0n) is 14.3. The van der Waals surface area contributed by atoms with Crippen LogP contribution in [-0.4, -0.2) is 35.8 Å². The predicted molar refractivity (Wildman–Crippen MR) is 97.0 cm³/mol. The minimum atomic E-state index is -0.526. The van der Waals surface area contributed by atoms with Gasteiger partial charge in [0.2, 0.25) is 5.91 Å². The molecule has 0 spiro atoms. The highest BCUT2D eigenvalue weighted by molar-refractivity contribution is 5.97. The fraction of sp³-hybridized carbons (Fsp3) is 0.529. The van der Waals surface area contributed by atoms with Gasteiger partial charge in [0.05, 0.1) is 6.04 Å². The second-order valence-corrected chi connectivity index (χ2v) is 5.46. The van der Waals surface area contributed by atoms with Crippen LogP contribution >= 0.6 is 12.4 Å². The Morgan fingerprint density at radius 3 is 2.09 bits per heavy atom. The summed E-state index contributed by atoms with van der Waals surface area (Å²) < 4.78 is 0. The minimum Gasteiger partial charge on any atom is -0.339 e. The number of nitrogens with one attached hydrogen (secondary N) is 1. The van der Waals surface area contributed by atoms with Crippen LogP contribution in [-0.2, 0) is 4.79 Å². The Morgan fingerprint density at radius 1 is 1.13 bits per heavy atom. The maximum absolute atomic E-state index is 12.2. The quantitative estimate of drug-likeness (QED) is 0.800. The van der Waals surface area contributed by atoms with Crippen molar-refractivity contribution >= 4 is 29.9 Å². The summed E-state index contributed by atoms with van der Waals surface area (Å²) in [5, 5.41) is 2.79. The molecule has 2 amide bonds. The zero-order valence-corrected chi connectivity index (χ0v) is 15.2. The van der Waals surface area contributed by atoms with Gasteiger partial charge in [-0.2, -0.15) is 0 Å². The number of rotatable bonds is 7. The molecule has 5 nitrogen and oxygen atoms in total. The van der Waals surface area contributed by atoms with Gasteiger partial charge in [0.15, 0.2) is 0 Å². The number of nitrogens with zero attached hydrogens (tertiary/aromatic N) is 1. The van der Waals surface area contributed by atoms with Gasteiger partial charge in [0.25, 0.3) is 5.91 Å². The molecule has 0 saturated carbocycles. The van der Waals surface area contributed by atoms with E-state index in [1.54, 1.807) is 29.2 Å². The van der Waals surface area contributed by atoms with E-state index in [1.165, 1.54) is 0 Å². The van der Waals surface area contributed by atoms with Gasteiger partial charge in [-0.25, -0.2) is 0 Å². The Kier molecular flexibility index (Phi) is 9.53. The molecule has 0 saturated heterocycles. The van der Waals surface area contributed by atoms with Crippen molar-refractivity contribution < 1.29 is 9.59 Å². The molecule has 1 aromatic rings. The van der Waals surface area contributed by atoms with Crippen molar-refractivity contribution in [2.45, 2.75) is 40.2 Å². The SMILES string of the molecule is CCC(C)C(N)C(=O)Nc1ccc(C(=O)N(CC)CC)cc1.Cl. The maximum Gasteiger partial charge on any atom is 0.253 e. The van der Waals surface area contributed by atoms with Crippen molar-refractivity contribution in [3.63, 3.8) is 0 Å². The lowest BCUT2D eigenvalue weighted by molar-refractivity contribution is -0.118. The zero-order chi connectivity index (χ0) is 16.7. The van der Waals surface area contributed by atoms with Crippen LogP contribution in [0.3, 0.4) is 0 Å². The standard InChI is InChI=1S/C17H27N3O2.ClH/c1-5-12(4)15(18)16(21)19-14-10-8-13(9-11-14)17(22)20(6-2)7-3;/h8-12,15H,5-7,18H2,1-4H3,(H,19,21);1H. The van der Waals surface area contributed by atoms with Crippen molar-refractivity contribution in [2.24, 2.45) is 11.7 Å². The Bertz CT molecular complexity index is 501. The molecule has 130 valence electrons. The van der Waals surface area contributed by atoms with Crippen molar-refractivity contribution in [3.8, 4) is 0 Å². The number of halogens is 1.